The van der Waals surface area contributed by atoms with E-state index < -0.39 is 5.60 Å². The standard InChI is InChI=1S/C16H29ClN2O3/c1-12(2)19(14(20)10-17)11-13-6-8-18(9-7-13)15(21)22-16(3,4)5/h12-13H,6-11H2,1-5H3. The molecule has 0 aromatic rings. The van der Waals surface area contributed by atoms with Crippen molar-refractivity contribution in [3.63, 3.8) is 0 Å². The highest BCUT2D eigenvalue weighted by Gasteiger charge is 2.29. The predicted molar refractivity (Wildman–Crippen MR) is 88.1 cm³/mol. The Labute approximate surface area is 138 Å². The van der Waals surface area contributed by atoms with Gasteiger partial charge in [0.05, 0.1) is 0 Å². The molecular weight excluding hydrogens is 304 g/mol. The number of carbonyl (C=O) groups is 2. The largest absolute Gasteiger partial charge is 0.444 e. The topological polar surface area (TPSA) is 49.9 Å². The summed E-state index contributed by atoms with van der Waals surface area (Å²) in [6, 6.07) is 0.148. The molecule has 1 saturated heterocycles. The average Bonchev–Trinajstić information content (AvgIpc) is 2.42. The van der Waals surface area contributed by atoms with Gasteiger partial charge in [-0.25, -0.2) is 4.79 Å². The van der Waals surface area contributed by atoms with Crippen LogP contribution in [0.25, 0.3) is 0 Å². The van der Waals surface area contributed by atoms with Gasteiger partial charge >= 0.3 is 6.09 Å². The molecule has 1 rings (SSSR count). The van der Waals surface area contributed by atoms with E-state index >= 15 is 0 Å². The summed E-state index contributed by atoms with van der Waals surface area (Å²) < 4.78 is 5.39. The maximum Gasteiger partial charge on any atom is 0.410 e. The van der Waals surface area contributed by atoms with Gasteiger partial charge < -0.3 is 14.5 Å². The molecule has 0 aliphatic carbocycles. The molecule has 22 heavy (non-hydrogen) atoms. The second kappa shape index (κ2) is 8.04. The lowest BCUT2D eigenvalue weighted by atomic mass is 9.96. The highest BCUT2D eigenvalue weighted by Crippen LogP contribution is 2.21. The molecule has 5 nitrogen and oxygen atoms in total. The number of amides is 2. The first-order valence-corrected chi connectivity index (χ1v) is 8.51. The Hall–Kier alpha value is -0.970. The summed E-state index contributed by atoms with van der Waals surface area (Å²) in [5.74, 6) is 0.411. The van der Waals surface area contributed by atoms with Crippen molar-refractivity contribution in [3.8, 4) is 0 Å². The Morgan fingerprint density at radius 3 is 2.23 bits per heavy atom. The summed E-state index contributed by atoms with van der Waals surface area (Å²) in [5, 5.41) is 0. The van der Waals surface area contributed by atoms with Crippen molar-refractivity contribution in [2.24, 2.45) is 5.92 Å². The van der Waals surface area contributed by atoms with Crippen molar-refractivity contribution >= 4 is 23.6 Å². The van der Waals surface area contributed by atoms with E-state index in [-0.39, 0.29) is 23.9 Å². The quantitative estimate of drug-likeness (QED) is 0.743. The monoisotopic (exact) mass is 332 g/mol. The lowest BCUT2D eigenvalue weighted by Gasteiger charge is -2.36. The number of likely N-dealkylation sites (tertiary alicyclic amines) is 1. The maximum absolute atomic E-state index is 12.0. The van der Waals surface area contributed by atoms with Crippen LogP contribution in [0.1, 0.15) is 47.5 Å². The number of ether oxygens (including phenoxy) is 1. The van der Waals surface area contributed by atoms with Gasteiger partial charge in [0.2, 0.25) is 5.91 Å². The van der Waals surface area contributed by atoms with E-state index in [4.69, 9.17) is 16.3 Å². The molecule has 128 valence electrons. The SMILES string of the molecule is CC(C)N(CC1CCN(C(=O)OC(C)(C)C)CC1)C(=O)CCl. The Kier molecular flexibility index (Phi) is 6.98. The van der Waals surface area contributed by atoms with Gasteiger partial charge in [-0.2, -0.15) is 0 Å². The van der Waals surface area contributed by atoms with Gasteiger partial charge in [0.25, 0.3) is 0 Å². The molecule has 0 bridgehead atoms. The second-order valence-corrected chi connectivity index (χ2v) is 7.45. The van der Waals surface area contributed by atoms with Gasteiger partial charge in [-0.1, -0.05) is 0 Å². The average molecular weight is 333 g/mol. The van der Waals surface area contributed by atoms with E-state index in [1.807, 2.05) is 39.5 Å². The molecule has 1 aliphatic heterocycles. The van der Waals surface area contributed by atoms with Crippen LogP contribution in [0.15, 0.2) is 0 Å². The van der Waals surface area contributed by atoms with Crippen molar-refractivity contribution in [2.75, 3.05) is 25.5 Å². The Morgan fingerprint density at radius 1 is 1.27 bits per heavy atom. The number of hydrogen-bond donors (Lipinski definition) is 0. The van der Waals surface area contributed by atoms with E-state index in [2.05, 4.69) is 0 Å². The number of nitrogens with zero attached hydrogens (tertiary/aromatic N) is 2. The highest BCUT2D eigenvalue weighted by atomic mass is 35.5. The second-order valence-electron chi connectivity index (χ2n) is 7.18. The van der Waals surface area contributed by atoms with Crippen LogP contribution >= 0.6 is 11.6 Å². The van der Waals surface area contributed by atoms with Crippen LogP contribution in [0, 0.1) is 5.92 Å². The van der Waals surface area contributed by atoms with Crippen molar-refractivity contribution in [2.45, 2.75) is 59.1 Å². The molecule has 6 heteroatoms. The molecule has 0 aromatic heterocycles. The summed E-state index contributed by atoms with van der Waals surface area (Å²) in [6.45, 7) is 11.7. The molecule has 0 atom stereocenters. The molecule has 0 aromatic carbocycles. The van der Waals surface area contributed by atoms with Gasteiger partial charge in [-0.15, -0.1) is 11.6 Å². The number of carbonyl (C=O) groups excluding carboxylic acids is 2. The van der Waals surface area contributed by atoms with Crippen LogP contribution in [-0.4, -0.2) is 59.0 Å². The fourth-order valence-electron chi connectivity index (χ4n) is 2.58. The Balaban J connectivity index is 2.48. The van der Waals surface area contributed by atoms with Gasteiger partial charge in [-0.3, -0.25) is 4.79 Å². The normalized spacial score (nSPS) is 16.8. The van der Waals surface area contributed by atoms with Gasteiger partial charge in [0.1, 0.15) is 11.5 Å². The fraction of sp³-hybridized carbons (Fsp3) is 0.875. The van der Waals surface area contributed by atoms with E-state index in [1.165, 1.54) is 0 Å². The minimum absolute atomic E-state index is 0.0220. The Bertz CT molecular complexity index is 385. The minimum Gasteiger partial charge on any atom is -0.444 e. The number of rotatable bonds is 4. The van der Waals surface area contributed by atoms with E-state index in [1.54, 1.807) is 4.90 Å². The van der Waals surface area contributed by atoms with Gasteiger partial charge in [0, 0.05) is 25.7 Å². The third-order valence-corrected chi connectivity index (χ3v) is 4.01. The zero-order valence-electron chi connectivity index (χ0n) is 14.4. The van der Waals surface area contributed by atoms with Gasteiger partial charge in [0.15, 0.2) is 0 Å². The molecule has 0 spiro atoms. The fourth-order valence-corrected chi connectivity index (χ4v) is 2.73. The zero-order valence-corrected chi connectivity index (χ0v) is 15.2. The van der Waals surface area contributed by atoms with Crippen LogP contribution in [-0.2, 0) is 9.53 Å². The minimum atomic E-state index is -0.463. The first-order chi connectivity index (χ1) is 10.1. The number of piperidine rings is 1. The number of halogens is 1. The summed E-state index contributed by atoms with van der Waals surface area (Å²) in [7, 11) is 0. The van der Waals surface area contributed by atoms with Crippen molar-refractivity contribution in [1.82, 2.24) is 9.80 Å². The van der Waals surface area contributed by atoms with E-state index in [9.17, 15) is 9.59 Å². The molecule has 0 N–H and O–H groups in total. The maximum atomic E-state index is 12.0. The molecule has 0 radical (unpaired) electrons. The lowest BCUT2D eigenvalue weighted by molar-refractivity contribution is -0.131. The molecular formula is C16H29ClN2O3. The van der Waals surface area contributed by atoms with E-state index in [0.29, 0.717) is 25.6 Å². The van der Waals surface area contributed by atoms with Crippen molar-refractivity contribution in [3.05, 3.63) is 0 Å². The summed E-state index contributed by atoms with van der Waals surface area (Å²) in [4.78, 5) is 27.5. The van der Waals surface area contributed by atoms with Crippen molar-refractivity contribution in [1.29, 1.82) is 0 Å². The summed E-state index contributed by atoms with van der Waals surface area (Å²) in [6.07, 6.45) is 1.53. The van der Waals surface area contributed by atoms with Gasteiger partial charge in [-0.05, 0) is 53.4 Å². The molecule has 1 heterocycles. The predicted octanol–water partition coefficient (Wildman–Crippen LogP) is 3.11. The molecule has 0 saturated carbocycles. The zero-order chi connectivity index (χ0) is 16.9. The third-order valence-electron chi connectivity index (χ3n) is 3.78. The summed E-state index contributed by atoms with van der Waals surface area (Å²) >= 11 is 5.67. The van der Waals surface area contributed by atoms with Crippen LogP contribution in [0.3, 0.4) is 0 Å². The molecule has 1 fully saturated rings. The smallest absolute Gasteiger partial charge is 0.410 e. The van der Waals surface area contributed by atoms with Crippen LogP contribution in [0.5, 0.6) is 0 Å². The number of alkyl halides is 1. The van der Waals surface area contributed by atoms with Crippen LogP contribution < -0.4 is 0 Å². The Morgan fingerprint density at radius 2 is 1.82 bits per heavy atom. The molecule has 2 amide bonds. The third kappa shape index (κ3) is 6.03. The van der Waals surface area contributed by atoms with Crippen LogP contribution in [0.4, 0.5) is 4.79 Å². The van der Waals surface area contributed by atoms with Crippen LogP contribution in [0.2, 0.25) is 0 Å². The molecule has 1 aliphatic rings. The first kappa shape index (κ1) is 19.1. The van der Waals surface area contributed by atoms with Crippen molar-refractivity contribution < 1.29 is 14.3 Å². The lowest BCUT2D eigenvalue weighted by Crippen LogP contribution is -2.46. The van der Waals surface area contributed by atoms with E-state index in [0.717, 1.165) is 12.8 Å². The number of hydrogen-bond acceptors (Lipinski definition) is 3. The molecule has 0 unspecified atom stereocenters. The summed E-state index contributed by atoms with van der Waals surface area (Å²) in [5.41, 5.74) is -0.463. The highest BCUT2D eigenvalue weighted by molar-refractivity contribution is 6.27. The first-order valence-electron chi connectivity index (χ1n) is 7.97.